The molecule has 0 aliphatic rings. The average molecular weight is 537 g/mol. The van der Waals surface area contributed by atoms with Crippen LogP contribution in [-0.4, -0.2) is 15.0 Å². The number of hydrogen-bond acceptors (Lipinski definition) is 3. The van der Waals surface area contributed by atoms with Crippen LogP contribution in [0.15, 0.2) is 146 Å². The Bertz CT molecular complexity index is 2000. The van der Waals surface area contributed by atoms with Crippen molar-refractivity contribution in [3.8, 4) is 56.4 Å². The first-order valence-electron chi connectivity index (χ1n) is 13.7. The third kappa shape index (κ3) is 4.81. The summed E-state index contributed by atoms with van der Waals surface area (Å²) < 4.78 is 0. The van der Waals surface area contributed by atoms with E-state index in [1.807, 2.05) is 84.9 Å². The summed E-state index contributed by atoms with van der Waals surface area (Å²) in [6.45, 7) is 7.30. The van der Waals surface area contributed by atoms with Crippen LogP contribution in [0.4, 0.5) is 5.69 Å². The van der Waals surface area contributed by atoms with Gasteiger partial charge in [0.25, 0.3) is 0 Å². The van der Waals surface area contributed by atoms with Crippen LogP contribution < -0.4 is 0 Å². The van der Waals surface area contributed by atoms with Gasteiger partial charge in [0.2, 0.25) is 0 Å². The highest BCUT2D eigenvalue weighted by molar-refractivity contribution is 6.06. The third-order valence-electron chi connectivity index (χ3n) is 7.37. The summed E-state index contributed by atoms with van der Waals surface area (Å²) in [4.78, 5) is 18.1. The van der Waals surface area contributed by atoms with Crippen LogP contribution >= 0.6 is 0 Å². The Morgan fingerprint density at radius 2 is 0.786 bits per heavy atom. The molecule has 0 saturated heterocycles. The molecule has 0 aliphatic heterocycles. The Balaban J connectivity index is 1.33. The molecular formula is C38H24N4. The lowest BCUT2D eigenvalue weighted by atomic mass is 9.91. The largest absolute Gasteiger partial charge is 0.238 e. The van der Waals surface area contributed by atoms with Gasteiger partial charge < -0.3 is 0 Å². The Labute approximate surface area is 244 Å². The van der Waals surface area contributed by atoms with E-state index >= 15 is 0 Å². The van der Waals surface area contributed by atoms with Crippen LogP contribution in [-0.2, 0) is 0 Å². The van der Waals surface area contributed by atoms with E-state index in [9.17, 15) is 0 Å². The molecule has 0 radical (unpaired) electrons. The van der Waals surface area contributed by atoms with Gasteiger partial charge in [-0.15, -0.1) is 0 Å². The van der Waals surface area contributed by atoms with Crippen molar-refractivity contribution in [2.45, 2.75) is 0 Å². The molecule has 0 atom stereocenters. The highest BCUT2D eigenvalue weighted by Crippen LogP contribution is 2.37. The van der Waals surface area contributed by atoms with Crippen LogP contribution in [0.5, 0.6) is 0 Å². The number of benzene rings is 6. The molecule has 7 rings (SSSR count). The second-order valence-electron chi connectivity index (χ2n) is 9.98. The maximum Gasteiger partial charge on any atom is 0.187 e. The van der Waals surface area contributed by atoms with Crippen LogP contribution in [0.1, 0.15) is 0 Å². The Morgan fingerprint density at radius 1 is 0.381 bits per heavy atom. The van der Waals surface area contributed by atoms with Gasteiger partial charge in [0.05, 0.1) is 6.57 Å². The second kappa shape index (κ2) is 10.9. The summed E-state index contributed by atoms with van der Waals surface area (Å²) >= 11 is 0. The molecule has 1 aromatic heterocycles. The quantitative estimate of drug-likeness (QED) is 0.206. The summed E-state index contributed by atoms with van der Waals surface area (Å²) in [6, 6.07) is 49.1. The summed E-state index contributed by atoms with van der Waals surface area (Å²) in [5, 5.41) is 2.35. The van der Waals surface area contributed by atoms with E-state index in [0.29, 0.717) is 23.2 Å². The van der Waals surface area contributed by atoms with Gasteiger partial charge in [0.1, 0.15) is 0 Å². The Hall–Kier alpha value is -5.92. The minimum Gasteiger partial charge on any atom is -0.238 e. The fourth-order valence-corrected chi connectivity index (χ4v) is 5.27. The summed E-state index contributed by atoms with van der Waals surface area (Å²) in [6.07, 6.45) is 0. The molecule has 42 heavy (non-hydrogen) atoms. The molecule has 4 heteroatoms. The Kier molecular flexibility index (Phi) is 6.52. The van der Waals surface area contributed by atoms with Gasteiger partial charge in [0.15, 0.2) is 23.2 Å². The molecule has 0 spiro atoms. The fraction of sp³-hybridized carbons (Fsp3) is 0. The van der Waals surface area contributed by atoms with Crippen molar-refractivity contribution in [2.24, 2.45) is 0 Å². The fourth-order valence-electron chi connectivity index (χ4n) is 5.27. The number of hydrogen-bond donors (Lipinski definition) is 0. The lowest BCUT2D eigenvalue weighted by Crippen LogP contribution is -2.00. The van der Waals surface area contributed by atoms with Gasteiger partial charge in [0, 0.05) is 16.7 Å². The van der Waals surface area contributed by atoms with E-state index in [4.69, 9.17) is 21.5 Å². The van der Waals surface area contributed by atoms with Gasteiger partial charge in [-0.2, -0.15) is 0 Å². The number of nitrogens with zero attached hydrogens (tertiary/aromatic N) is 4. The minimum absolute atomic E-state index is 0.632. The number of fused-ring (bicyclic) bond motifs is 1. The van der Waals surface area contributed by atoms with Gasteiger partial charge in [-0.3, -0.25) is 0 Å². The number of rotatable bonds is 5. The van der Waals surface area contributed by atoms with Gasteiger partial charge in [-0.05, 0) is 33.0 Å². The van der Waals surface area contributed by atoms with Crippen molar-refractivity contribution in [1.82, 2.24) is 15.0 Å². The molecule has 0 N–H and O–H groups in total. The van der Waals surface area contributed by atoms with Crippen molar-refractivity contribution in [2.75, 3.05) is 0 Å². The predicted molar refractivity (Wildman–Crippen MR) is 171 cm³/mol. The highest BCUT2D eigenvalue weighted by Gasteiger charge is 2.14. The maximum absolute atomic E-state index is 7.30. The number of aromatic nitrogens is 3. The minimum atomic E-state index is 0.632. The molecule has 4 nitrogen and oxygen atoms in total. The molecule has 0 aliphatic carbocycles. The molecule has 0 bridgehead atoms. The van der Waals surface area contributed by atoms with E-state index in [0.717, 1.165) is 38.9 Å². The van der Waals surface area contributed by atoms with Gasteiger partial charge in [-0.1, -0.05) is 146 Å². The van der Waals surface area contributed by atoms with Gasteiger partial charge in [-0.25, -0.2) is 19.8 Å². The molecule has 0 saturated carbocycles. The molecule has 7 aromatic rings. The van der Waals surface area contributed by atoms with Crippen molar-refractivity contribution in [3.05, 3.63) is 157 Å². The first kappa shape index (κ1) is 25.1. The zero-order valence-electron chi connectivity index (χ0n) is 22.6. The van der Waals surface area contributed by atoms with E-state index in [1.54, 1.807) is 0 Å². The zero-order chi connectivity index (χ0) is 28.3. The smallest absolute Gasteiger partial charge is 0.187 e. The first-order valence-corrected chi connectivity index (χ1v) is 13.7. The summed E-state index contributed by atoms with van der Waals surface area (Å²) in [5.41, 5.74) is 7.94. The van der Waals surface area contributed by atoms with E-state index in [-0.39, 0.29) is 0 Å². The van der Waals surface area contributed by atoms with Crippen LogP contribution in [0.3, 0.4) is 0 Å². The van der Waals surface area contributed by atoms with Crippen molar-refractivity contribution in [3.63, 3.8) is 0 Å². The SMILES string of the molecule is [C-]#[N+]c1ccc(-c2cccc3cccc(-c4ccc(-c5nc(-c6ccccc6)nc(-c6ccccc6)n5)cc4)c23)cc1. The topological polar surface area (TPSA) is 43.0 Å². The first-order chi connectivity index (χ1) is 20.8. The molecule has 6 aromatic carbocycles. The summed E-state index contributed by atoms with van der Waals surface area (Å²) in [7, 11) is 0. The third-order valence-corrected chi connectivity index (χ3v) is 7.37. The van der Waals surface area contributed by atoms with Crippen molar-refractivity contribution < 1.29 is 0 Å². The molecule has 0 fully saturated rings. The van der Waals surface area contributed by atoms with E-state index in [1.165, 1.54) is 10.8 Å². The maximum atomic E-state index is 7.30. The van der Waals surface area contributed by atoms with E-state index in [2.05, 4.69) is 65.5 Å². The summed E-state index contributed by atoms with van der Waals surface area (Å²) in [5.74, 6) is 1.92. The standard InChI is InChI=1S/C38H24N4/c1-39-32-24-22-27(23-25-32)34-17-9-15-28-14-8-16-33(35(28)34)26-18-20-31(21-19-26)38-41-36(29-10-4-2-5-11-29)40-37(42-38)30-12-6-3-7-13-30/h2-25H. The molecule has 0 unspecified atom stereocenters. The predicted octanol–water partition coefficient (Wildman–Crippen LogP) is 9.91. The normalized spacial score (nSPS) is 10.8. The lowest BCUT2D eigenvalue weighted by molar-refractivity contribution is 1.07. The average Bonchev–Trinajstić information content (AvgIpc) is 3.08. The molecule has 196 valence electrons. The van der Waals surface area contributed by atoms with Crippen LogP contribution in [0, 0.1) is 6.57 Å². The second-order valence-corrected chi connectivity index (χ2v) is 9.98. The van der Waals surface area contributed by atoms with Crippen molar-refractivity contribution in [1.29, 1.82) is 0 Å². The molecule has 1 heterocycles. The lowest BCUT2D eigenvalue weighted by Gasteiger charge is -2.13. The molecule has 0 amide bonds. The van der Waals surface area contributed by atoms with Crippen molar-refractivity contribution >= 4 is 16.5 Å². The molecular weight excluding hydrogens is 512 g/mol. The zero-order valence-corrected chi connectivity index (χ0v) is 22.6. The highest BCUT2D eigenvalue weighted by atomic mass is 15.0. The monoisotopic (exact) mass is 536 g/mol. The van der Waals surface area contributed by atoms with Crippen LogP contribution in [0.2, 0.25) is 0 Å². The van der Waals surface area contributed by atoms with E-state index < -0.39 is 0 Å². The Morgan fingerprint density at radius 3 is 1.24 bits per heavy atom. The van der Waals surface area contributed by atoms with Gasteiger partial charge >= 0.3 is 0 Å². The van der Waals surface area contributed by atoms with Crippen LogP contribution in [0.25, 0.3) is 72.0 Å².